The summed E-state index contributed by atoms with van der Waals surface area (Å²) in [6.45, 7) is 4.10. The number of alkyl halides is 3. The maximum atomic E-state index is 13.8. The van der Waals surface area contributed by atoms with Gasteiger partial charge in [0.05, 0.1) is 41.6 Å². The second kappa shape index (κ2) is 12.7. The number of nitrogens with zero attached hydrogens (tertiary/aromatic N) is 3. The number of likely N-dealkylation sites (tertiary alicyclic amines) is 1. The van der Waals surface area contributed by atoms with Crippen LogP contribution in [0.4, 0.5) is 24.5 Å². The number of nitrogens with one attached hydrogen (secondary N) is 1. The Bertz CT molecular complexity index is 1830. The van der Waals surface area contributed by atoms with Crippen LogP contribution in [-0.4, -0.2) is 86.3 Å². The Hall–Kier alpha value is -3.73. The number of fused-ring (bicyclic) bond motifs is 1. The number of rotatable bonds is 8. The third-order valence-corrected chi connectivity index (χ3v) is 10.6. The Labute approximate surface area is 272 Å². The van der Waals surface area contributed by atoms with Crippen LogP contribution in [0.5, 0.6) is 5.75 Å². The largest absolute Gasteiger partial charge is 0.506 e. The number of carbonyl (C=O) groups is 1. The van der Waals surface area contributed by atoms with Crippen LogP contribution in [0, 0.1) is 17.3 Å². The lowest BCUT2D eigenvalue weighted by atomic mass is 9.75. The van der Waals surface area contributed by atoms with Crippen LogP contribution in [0.15, 0.2) is 47.4 Å². The van der Waals surface area contributed by atoms with E-state index >= 15 is 0 Å². The monoisotopic (exact) mass is 672 g/mol. The summed E-state index contributed by atoms with van der Waals surface area (Å²) in [5, 5.41) is 14.8. The summed E-state index contributed by atoms with van der Waals surface area (Å²) < 4.78 is 71.7. The van der Waals surface area contributed by atoms with E-state index in [0.29, 0.717) is 22.4 Å². The third-order valence-electron chi connectivity index (χ3n) is 9.47. The topological polar surface area (TPSA) is 104 Å². The zero-order valence-corrected chi connectivity index (χ0v) is 27.3. The van der Waals surface area contributed by atoms with Gasteiger partial charge in [-0.3, -0.25) is 14.6 Å². The lowest BCUT2D eigenvalue weighted by Crippen LogP contribution is -2.68. The van der Waals surface area contributed by atoms with Gasteiger partial charge in [0, 0.05) is 60.4 Å². The molecule has 6 rings (SSSR count). The van der Waals surface area contributed by atoms with Crippen LogP contribution < -0.4 is 10.2 Å². The van der Waals surface area contributed by atoms with Gasteiger partial charge in [-0.2, -0.15) is 13.2 Å². The number of phenolic OH excluding ortho intramolecular Hbond substituents is 1. The van der Waals surface area contributed by atoms with Crippen molar-refractivity contribution in [1.29, 1.82) is 0 Å². The number of hydrogen-bond acceptors (Lipinski definition) is 7. The minimum absolute atomic E-state index is 0.0567. The smallest absolute Gasteiger partial charge is 0.406 e. The molecule has 1 amide bonds. The molecule has 47 heavy (non-hydrogen) atoms. The van der Waals surface area contributed by atoms with Crippen molar-refractivity contribution in [3.05, 3.63) is 48.2 Å². The lowest BCUT2D eigenvalue weighted by molar-refractivity contribution is -0.200. The fraction of sp³-hybridized carbons (Fsp3) is 0.500. The van der Waals surface area contributed by atoms with E-state index in [-0.39, 0.29) is 35.3 Å². The van der Waals surface area contributed by atoms with Crippen LogP contribution in [0.25, 0.3) is 10.9 Å². The number of anilines is 2. The molecule has 9 nitrogen and oxygen atoms in total. The highest BCUT2D eigenvalue weighted by molar-refractivity contribution is 7.90. The fourth-order valence-electron chi connectivity index (χ4n) is 6.99. The Kier molecular flexibility index (Phi) is 8.97. The van der Waals surface area contributed by atoms with Gasteiger partial charge in [-0.15, -0.1) is 0 Å². The minimum atomic E-state index is -4.50. The SMILES string of the molecule is CCC(=O)N(CC#Cc1cc2c(N[C@H]3CC[C@H](N4CC5(COC5)C4)CC3)cccc2n1CC(F)(F)F)c1ccc(S(C)(=O)=O)cc1O. The van der Waals surface area contributed by atoms with E-state index in [4.69, 9.17) is 4.74 Å². The molecule has 3 aromatic rings. The first-order valence-electron chi connectivity index (χ1n) is 15.8. The van der Waals surface area contributed by atoms with Gasteiger partial charge >= 0.3 is 6.18 Å². The van der Waals surface area contributed by atoms with Crippen LogP contribution >= 0.6 is 0 Å². The normalized spacial score (nSPS) is 21.0. The number of aromatic nitrogens is 1. The molecule has 1 aromatic heterocycles. The van der Waals surface area contributed by atoms with E-state index in [9.17, 15) is 31.5 Å². The summed E-state index contributed by atoms with van der Waals surface area (Å²) in [4.78, 5) is 16.4. The van der Waals surface area contributed by atoms with Crippen LogP contribution in [0.2, 0.25) is 0 Å². The van der Waals surface area contributed by atoms with E-state index < -0.39 is 34.2 Å². The first kappa shape index (κ1) is 33.2. The summed E-state index contributed by atoms with van der Waals surface area (Å²) in [6.07, 6.45) is 0.636. The van der Waals surface area contributed by atoms with Crippen LogP contribution in [-0.2, 0) is 25.9 Å². The molecule has 1 spiro atoms. The summed E-state index contributed by atoms with van der Waals surface area (Å²) in [7, 11) is -3.60. The van der Waals surface area contributed by atoms with Gasteiger partial charge < -0.3 is 19.7 Å². The van der Waals surface area contributed by atoms with Gasteiger partial charge in [-0.1, -0.05) is 18.9 Å². The molecular weight excluding hydrogens is 633 g/mol. The van der Waals surface area contributed by atoms with Gasteiger partial charge in [0.25, 0.3) is 0 Å². The molecule has 0 unspecified atom stereocenters. The van der Waals surface area contributed by atoms with Crippen molar-refractivity contribution in [2.75, 3.05) is 49.3 Å². The Morgan fingerprint density at radius 3 is 2.45 bits per heavy atom. The van der Waals surface area contributed by atoms with Crippen molar-refractivity contribution in [3.8, 4) is 17.6 Å². The highest BCUT2D eigenvalue weighted by atomic mass is 32.2. The predicted octanol–water partition coefficient (Wildman–Crippen LogP) is 5.16. The van der Waals surface area contributed by atoms with E-state index in [1.807, 2.05) is 6.07 Å². The number of amides is 1. The van der Waals surface area contributed by atoms with Crippen molar-refractivity contribution >= 4 is 38.0 Å². The molecule has 3 fully saturated rings. The molecule has 2 saturated heterocycles. The molecule has 252 valence electrons. The van der Waals surface area contributed by atoms with Crippen molar-refractivity contribution in [2.24, 2.45) is 5.41 Å². The molecule has 13 heteroatoms. The quantitative estimate of drug-likeness (QED) is 0.319. The Morgan fingerprint density at radius 2 is 1.85 bits per heavy atom. The molecule has 2 N–H and O–H groups in total. The van der Waals surface area contributed by atoms with E-state index in [1.54, 1.807) is 25.1 Å². The highest BCUT2D eigenvalue weighted by Crippen LogP contribution is 2.41. The summed E-state index contributed by atoms with van der Waals surface area (Å²) in [5.74, 6) is 4.84. The van der Waals surface area contributed by atoms with Crippen molar-refractivity contribution in [2.45, 2.75) is 68.7 Å². The number of phenols is 1. The zero-order chi connectivity index (χ0) is 33.6. The van der Waals surface area contributed by atoms with Crippen molar-refractivity contribution in [1.82, 2.24) is 9.47 Å². The molecule has 2 aromatic carbocycles. The average Bonchev–Trinajstić information content (AvgIpc) is 3.30. The van der Waals surface area contributed by atoms with E-state index in [2.05, 4.69) is 22.1 Å². The third kappa shape index (κ3) is 7.10. The zero-order valence-electron chi connectivity index (χ0n) is 26.4. The number of carbonyl (C=O) groups excluding carboxylic acids is 1. The number of hydrogen-bond donors (Lipinski definition) is 2. The van der Waals surface area contributed by atoms with Gasteiger partial charge in [0.1, 0.15) is 12.3 Å². The number of halogens is 3. The lowest BCUT2D eigenvalue weighted by Gasteiger charge is -2.58. The molecule has 1 saturated carbocycles. The molecule has 3 heterocycles. The molecule has 1 aliphatic carbocycles. The first-order valence-corrected chi connectivity index (χ1v) is 17.7. The molecule has 2 aliphatic heterocycles. The standard InChI is InChI=1S/C34H39F3N4O5S/c1-3-32(43)40(30-14-13-26(17-31(30)42)47(2,44)45)15-5-6-25-16-27-28(7-4-8-29(27)41(25)20-34(35,36)37)38-23-9-11-24(12-10-23)39-18-33(19-39)21-46-22-33/h4,7-8,13-14,16-17,23-24,38,42H,3,9-12,15,18-22H2,1-2H3/t23-,24-. The van der Waals surface area contributed by atoms with E-state index in [0.717, 1.165) is 74.6 Å². The van der Waals surface area contributed by atoms with Gasteiger partial charge in [0.15, 0.2) is 9.84 Å². The highest BCUT2D eigenvalue weighted by Gasteiger charge is 2.50. The predicted molar refractivity (Wildman–Crippen MR) is 173 cm³/mol. The number of aromatic hydroxyl groups is 1. The van der Waals surface area contributed by atoms with Crippen LogP contribution in [0.1, 0.15) is 44.7 Å². The van der Waals surface area contributed by atoms with Crippen LogP contribution in [0.3, 0.4) is 0 Å². The number of benzene rings is 2. The van der Waals surface area contributed by atoms with Gasteiger partial charge in [0.2, 0.25) is 5.91 Å². The van der Waals surface area contributed by atoms with Gasteiger partial charge in [-0.05, 0) is 61.9 Å². The molecule has 3 aliphatic rings. The minimum Gasteiger partial charge on any atom is -0.506 e. The Morgan fingerprint density at radius 1 is 1.13 bits per heavy atom. The average molecular weight is 673 g/mol. The maximum Gasteiger partial charge on any atom is 0.406 e. The second-order valence-electron chi connectivity index (χ2n) is 13.1. The maximum absolute atomic E-state index is 13.8. The molecule has 0 atom stereocenters. The van der Waals surface area contributed by atoms with E-state index in [1.165, 1.54) is 17.0 Å². The van der Waals surface area contributed by atoms with Crippen molar-refractivity contribution in [3.63, 3.8) is 0 Å². The van der Waals surface area contributed by atoms with Crippen molar-refractivity contribution < 1.29 is 36.2 Å². The number of ether oxygens (including phenoxy) is 1. The summed E-state index contributed by atoms with van der Waals surface area (Å²) in [6, 6.07) is 11.3. The number of sulfone groups is 1. The summed E-state index contributed by atoms with van der Waals surface area (Å²) in [5.41, 5.74) is 1.73. The Balaban J connectivity index is 1.22. The summed E-state index contributed by atoms with van der Waals surface area (Å²) >= 11 is 0. The molecular formula is C34H39F3N4O5S. The first-order chi connectivity index (χ1) is 22.2. The fourth-order valence-corrected chi connectivity index (χ4v) is 7.63. The van der Waals surface area contributed by atoms with Gasteiger partial charge in [-0.25, -0.2) is 8.42 Å². The molecule has 0 bridgehead atoms. The molecule has 0 radical (unpaired) electrons. The second-order valence-corrected chi connectivity index (χ2v) is 15.1.